The van der Waals surface area contributed by atoms with E-state index in [2.05, 4.69) is 0 Å². The van der Waals surface area contributed by atoms with Gasteiger partial charge in [-0.05, 0) is 47.5 Å². The quantitative estimate of drug-likeness (QED) is 0.599. The van der Waals surface area contributed by atoms with E-state index in [4.69, 9.17) is 10.5 Å². The maximum absolute atomic E-state index is 10.2. The van der Waals surface area contributed by atoms with Gasteiger partial charge < -0.3 is 10.5 Å². The second kappa shape index (κ2) is 3.61. The third-order valence-corrected chi connectivity index (χ3v) is 2.38. The summed E-state index contributed by atoms with van der Waals surface area (Å²) >= 11 is 0. The summed E-state index contributed by atoms with van der Waals surface area (Å²) in [6.07, 6.45) is 0. The lowest BCUT2D eigenvalue weighted by molar-refractivity contribution is -0.120. The SMILES string of the molecule is Cc1cc2ccc(OC=O)cc2cc1N. The van der Waals surface area contributed by atoms with Gasteiger partial charge in [0.1, 0.15) is 5.75 Å². The molecule has 2 aromatic rings. The second-order valence-corrected chi connectivity index (χ2v) is 3.43. The van der Waals surface area contributed by atoms with Gasteiger partial charge in [0.2, 0.25) is 0 Å². The number of benzene rings is 2. The average molecular weight is 201 g/mol. The first-order valence-electron chi connectivity index (χ1n) is 4.61. The van der Waals surface area contributed by atoms with Crippen LogP contribution in [-0.2, 0) is 4.79 Å². The first kappa shape index (κ1) is 9.52. The lowest BCUT2D eigenvalue weighted by Crippen LogP contribution is -1.91. The van der Waals surface area contributed by atoms with E-state index >= 15 is 0 Å². The lowest BCUT2D eigenvalue weighted by atomic mass is 10.1. The molecule has 0 radical (unpaired) electrons. The van der Waals surface area contributed by atoms with Crippen molar-refractivity contribution in [3.05, 3.63) is 35.9 Å². The molecule has 0 aliphatic rings. The largest absolute Gasteiger partial charge is 0.429 e. The first-order valence-corrected chi connectivity index (χ1v) is 4.61. The highest BCUT2D eigenvalue weighted by molar-refractivity contribution is 5.88. The standard InChI is InChI=1S/C12H11NO2/c1-8-4-9-2-3-11(15-7-14)5-10(9)6-12(8)13/h2-7H,13H2,1H3. The van der Waals surface area contributed by atoms with Crippen molar-refractivity contribution in [2.75, 3.05) is 5.73 Å². The molecule has 0 heterocycles. The fraction of sp³-hybridized carbons (Fsp3) is 0.0833. The molecule has 0 aromatic heterocycles. The maximum Gasteiger partial charge on any atom is 0.298 e. The van der Waals surface area contributed by atoms with E-state index in [-0.39, 0.29) is 0 Å². The third-order valence-electron chi connectivity index (χ3n) is 2.38. The molecule has 3 nitrogen and oxygen atoms in total. The fourth-order valence-corrected chi connectivity index (χ4v) is 1.54. The van der Waals surface area contributed by atoms with Crippen molar-refractivity contribution in [2.45, 2.75) is 6.92 Å². The number of carbonyl (C=O) groups is 1. The van der Waals surface area contributed by atoms with Gasteiger partial charge in [-0.25, -0.2) is 0 Å². The van der Waals surface area contributed by atoms with Crippen LogP contribution >= 0.6 is 0 Å². The zero-order valence-electron chi connectivity index (χ0n) is 8.36. The smallest absolute Gasteiger partial charge is 0.298 e. The Hall–Kier alpha value is -2.03. The number of nitrogen functional groups attached to an aromatic ring is 1. The molecule has 2 N–H and O–H groups in total. The van der Waals surface area contributed by atoms with Gasteiger partial charge in [-0.15, -0.1) is 0 Å². The number of fused-ring (bicyclic) bond motifs is 1. The Kier molecular flexibility index (Phi) is 2.29. The van der Waals surface area contributed by atoms with Gasteiger partial charge in [-0.2, -0.15) is 0 Å². The van der Waals surface area contributed by atoms with Gasteiger partial charge in [0.05, 0.1) is 0 Å². The Labute approximate surface area is 87.5 Å². The molecule has 15 heavy (non-hydrogen) atoms. The lowest BCUT2D eigenvalue weighted by Gasteiger charge is -2.05. The predicted octanol–water partition coefficient (Wildman–Crippen LogP) is 2.27. The summed E-state index contributed by atoms with van der Waals surface area (Å²) in [7, 11) is 0. The van der Waals surface area contributed by atoms with E-state index in [1.807, 2.05) is 25.1 Å². The molecule has 0 aliphatic carbocycles. The minimum absolute atomic E-state index is 0.415. The van der Waals surface area contributed by atoms with Crippen molar-refractivity contribution < 1.29 is 9.53 Å². The van der Waals surface area contributed by atoms with Crippen LogP contribution in [0.2, 0.25) is 0 Å². The molecule has 76 valence electrons. The zero-order valence-corrected chi connectivity index (χ0v) is 8.36. The van der Waals surface area contributed by atoms with Crippen molar-refractivity contribution >= 4 is 22.9 Å². The number of hydrogen-bond donors (Lipinski definition) is 1. The van der Waals surface area contributed by atoms with E-state index in [0.29, 0.717) is 12.2 Å². The number of nitrogens with two attached hydrogens (primary N) is 1. The van der Waals surface area contributed by atoms with E-state index in [9.17, 15) is 4.79 Å². The van der Waals surface area contributed by atoms with Crippen LogP contribution in [0.3, 0.4) is 0 Å². The summed E-state index contributed by atoms with van der Waals surface area (Å²) in [6, 6.07) is 9.34. The summed E-state index contributed by atoms with van der Waals surface area (Å²) in [5, 5.41) is 2.05. The number of ether oxygens (including phenoxy) is 1. The number of rotatable bonds is 2. The van der Waals surface area contributed by atoms with Crippen LogP contribution in [0.25, 0.3) is 10.8 Å². The highest BCUT2D eigenvalue weighted by Gasteiger charge is 2.00. The second-order valence-electron chi connectivity index (χ2n) is 3.43. The summed E-state index contributed by atoms with van der Waals surface area (Å²) in [5.41, 5.74) is 7.59. The Bertz CT molecular complexity index is 520. The topological polar surface area (TPSA) is 52.3 Å². The third kappa shape index (κ3) is 1.76. The van der Waals surface area contributed by atoms with E-state index in [1.54, 1.807) is 12.1 Å². The molecule has 0 unspecified atom stereocenters. The van der Waals surface area contributed by atoms with Gasteiger partial charge in [0.25, 0.3) is 6.47 Å². The van der Waals surface area contributed by atoms with Crippen molar-refractivity contribution in [1.82, 2.24) is 0 Å². The summed E-state index contributed by atoms with van der Waals surface area (Å²) < 4.78 is 4.76. The highest BCUT2D eigenvalue weighted by Crippen LogP contribution is 2.25. The Balaban J connectivity index is 2.61. The molecular weight excluding hydrogens is 190 g/mol. The van der Waals surface area contributed by atoms with Crippen molar-refractivity contribution in [3.8, 4) is 5.75 Å². The van der Waals surface area contributed by atoms with Crippen LogP contribution in [-0.4, -0.2) is 6.47 Å². The van der Waals surface area contributed by atoms with Gasteiger partial charge in [-0.1, -0.05) is 6.07 Å². The summed E-state index contributed by atoms with van der Waals surface area (Å²) in [4.78, 5) is 10.2. The molecule has 0 fully saturated rings. The molecule has 0 saturated carbocycles. The maximum atomic E-state index is 10.2. The normalized spacial score (nSPS) is 10.2. The Morgan fingerprint density at radius 3 is 2.73 bits per heavy atom. The molecule has 3 heteroatoms. The molecule has 0 aliphatic heterocycles. The molecular formula is C12H11NO2. The van der Waals surface area contributed by atoms with Gasteiger partial charge in [-0.3, -0.25) is 4.79 Å². The first-order chi connectivity index (χ1) is 7.20. The van der Waals surface area contributed by atoms with Crippen LogP contribution in [0, 0.1) is 6.92 Å². The van der Waals surface area contributed by atoms with Crippen molar-refractivity contribution in [1.29, 1.82) is 0 Å². The molecule has 0 atom stereocenters. The zero-order chi connectivity index (χ0) is 10.8. The molecule has 0 bridgehead atoms. The van der Waals surface area contributed by atoms with Crippen LogP contribution in [0.1, 0.15) is 5.56 Å². The minimum Gasteiger partial charge on any atom is -0.429 e. The van der Waals surface area contributed by atoms with E-state index < -0.39 is 0 Å². The number of anilines is 1. The molecule has 0 spiro atoms. The monoisotopic (exact) mass is 201 g/mol. The minimum atomic E-state index is 0.415. The Morgan fingerprint density at radius 1 is 1.20 bits per heavy atom. The van der Waals surface area contributed by atoms with Gasteiger partial charge in [0, 0.05) is 5.69 Å². The van der Waals surface area contributed by atoms with Crippen LogP contribution in [0.4, 0.5) is 5.69 Å². The van der Waals surface area contributed by atoms with Gasteiger partial charge >= 0.3 is 0 Å². The average Bonchev–Trinajstić information content (AvgIpc) is 2.21. The van der Waals surface area contributed by atoms with E-state index in [1.165, 1.54) is 0 Å². The number of carbonyl (C=O) groups excluding carboxylic acids is 1. The number of aryl methyl sites for hydroxylation is 1. The molecule has 2 rings (SSSR count). The molecule has 0 saturated heterocycles. The van der Waals surface area contributed by atoms with Crippen molar-refractivity contribution in [3.63, 3.8) is 0 Å². The van der Waals surface area contributed by atoms with Gasteiger partial charge in [0.15, 0.2) is 0 Å². The summed E-state index contributed by atoms with van der Waals surface area (Å²) in [6.45, 7) is 2.38. The van der Waals surface area contributed by atoms with Crippen LogP contribution in [0.15, 0.2) is 30.3 Å². The molecule has 2 aromatic carbocycles. The number of hydrogen-bond acceptors (Lipinski definition) is 3. The van der Waals surface area contributed by atoms with Crippen molar-refractivity contribution in [2.24, 2.45) is 0 Å². The highest BCUT2D eigenvalue weighted by atomic mass is 16.5. The summed E-state index contributed by atoms with van der Waals surface area (Å²) in [5.74, 6) is 0.528. The predicted molar refractivity (Wildman–Crippen MR) is 59.8 cm³/mol. The fourth-order valence-electron chi connectivity index (χ4n) is 1.54. The van der Waals surface area contributed by atoms with Crippen LogP contribution < -0.4 is 10.5 Å². The van der Waals surface area contributed by atoms with E-state index in [0.717, 1.165) is 22.0 Å². The van der Waals surface area contributed by atoms with Crippen LogP contribution in [0.5, 0.6) is 5.75 Å². The Morgan fingerprint density at radius 2 is 2.00 bits per heavy atom. The molecule has 0 amide bonds.